The fourth-order valence-corrected chi connectivity index (χ4v) is 5.01. The Kier molecular flexibility index (Phi) is 5.17. The van der Waals surface area contributed by atoms with Crippen molar-refractivity contribution < 1.29 is 9.47 Å². The summed E-state index contributed by atoms with van der Waals surface area (Å²) in [5.74, 6) is -0.506. The zero-order chi connectivity index (χ0) is 19.7. The topological polar surface area (TPSA) is 44.5 Å². The largest absolute Gasteiger partial charge is 0.347 e. The summed E-state index contributed by atoms with van der Waals surface area (Å²) in [6.45, 7) is 8.08. The van der Waals surface area contributed by atoms with Gasteiger partial charge in [-0.15, -0.1) is 0 Å². The third-order valence-corrected chi connectivity index (χ3v) is 6.85. The van der Waals surface area contributed by atoms with Crippen molar-refractivity contribution in [3.05, 3.63) is 83.9 Å². The summed E-state index contributed by atoms with van der Waals surface area (Å²) in [6, 6.07) is 21.1. The van der Waals surface area contributed by atoms with Gasteiger partial charge in [0.25, 0.3) is 0 Å². The summed E-state index contributed by atoms with van der Waals surface area (Å²) in [5.41, 5.74) is 10.3. The van der Waals surface area contributed by atoms with E-state index in [2.05, 4.69) is 74.2 Å². The van der Waals surface area contributed by atoms with Crippen LogP contribution in [0.4, 0.5) is 0 Å². The molecule has 0 aromatic heterocycles. The van der Waals surface area contributed by atoms with Gasteiger partial charge in [0.1, 0.15) is 0 Å². The maximum Gasteiger partial charge on any atom is 0.169 e. The molecule has 148 valence electrons. The summed E-state index contributed by atoms with van der Waals surface area (Å²) in [7, 11) is 0. The number of benzene rings is 2. The molecule has 0 radical (unpaired) electrons. The predicted molar refractivity (Wildman–Crippen MR) is 113 cm³/mol. The second-order valence-corrected chi connectivity index (χ2v) is 8.70. The highest BCUT2D eigenvalue weighted by Gasteiger charge is 2.56. The van der Waals surface area contributed by atoms with E-state index in [1.54, 1.807) is 0 Å². The van der Waals surface area contributed by atoms with Crippen molar-refractivity contribution in [1.82, 2.24) is 0 Å². The number of rotatable bonds is 5. The standard InChI is InChI=1S/C25H31NO2/c1-20-13-14-25(27-15-16-28-25)19-23(20,2)24(26,17-21-9-5-3-6-10-21)18-22-11-7-4-8-12-22/h3-12H,1,13-19,26H2,2H3. The molecule has 4 rings (SSSR count). The van der Waals surface area contributed by atoms with Gasteiger partial charge in [-0.1, -0.05) is 79.7 Å². The molecule has 2 N–H and O–H groups in total. The molecule has 1 heterocycles. The Morgan fingerprint density at radius 3 is 1.93 bits per heavy atom. The fraction of sp³-hybridized carbons (Fsp3) is 0.440. The van der Waals surface area contributed by atoms with Crippen molar-refractivity contribution in [3.8, 4) is 0 Å². The van der Waals surface area contributed by atoms with Gasteiger partial charge in [-0.3, -0.25) is 0 Å². The van der Waals surface area contributed by atoms with Crippen molar-refractivity contribution in [1.29, 1.82) is 0 Å². The first-order valence-electron chi connectivity index (χ1n) is 10.3. The van der Waals surface area contributed by atoms with Crippen LogP contribution in [0.5, 0.6) is 0 Å². The molecule has 1 aliphatic heterocycles. The summed E-state index contributed by atoms with van der Waals surface area (Å²) >= 11 is 0. The van der Waals surface area contributed by atoms with Crippen LogP contribution in [0.25, 0.3) is 0 Å². The molecule has 1 unspecified atom stereocenters. The smallest absolute Gasteiger partial charge is 0.169 e. The molecule has 2 fully saturated rings. The zero-order valence-corrected chi connectivity index (χ0v) is 16.8. The van der Waals surface area contributed by atoms with Gasteiger partial charge in [0.05, 0.1) is 13.2 Å². The van der Waals surface area contributed by atoms with Crippen molar-refractivity contribution in [3.63, 3.8) is 0 Å². The molecule has 0 amide bonds. The average Bonchev–Trinajstić information content (AvgIpc) is 3.14. The second-order valence-electron chi connectivity index (χ2n) is 8.70. The lowest BCUT2D eigenvalue weighted by Crippen LogP contribution is -2.62. The molecule has 1 saturated heterocycles. The molecule has 1 aliphatic carbocycles. The van der Waals surface area contributed by atoms with Gasteiger partial charge < -0.3 is 15.2 Å². The Morgan fingerprint density at radius 1 is 0.929 bits per heavy atom. The second kappa shape index (κ2) is 7.47. The monoisotopic (exact) mass is 377 g/mol. The highest BCUT2D eigenvalue weighted by molar-refractivity contribution is 5.31. The quantitative estimate of drug-likeness (QED) is 0.771. The molecule has 2 aromatic rings. The average molecular weight is 378 g/mol. The molecular weight excluding hydrogens is 346 g/mol. The minimum Gasteiger partial charge on any atom is -0.347 e. The maximum absolute atomic E-state index is 7.34. The van der Waals surface area contributed by atoms with Crippen LogP contribution in [0, 0.1) is 5.41 Å². The Hall–Kier alpha value is -1.94. The number of ether oxygens (including phenoxy) is 2. The van der Waals surface area contributed by atoms with E-state index < -0.39 is 11.3 Å². The first-order valence-corrected chi connectivity index (χ1v) is 10.3. The minimum absolute atomic E-state index is 0.290. The highest BCUT2D eigenvalue weighted by Crippen LogP contribution is 2.54. The molecule has 1 atom stereocenters. The Bertz CT molecular complexity index is 769. The van der Waals surface area contributed by atoms with E-state index in [-0.39, 0.29) is 5.41 Å². The van der Waals surface area contributed by atoms with Crippen LogP contribution in [0.2, 0.25) is 0 Å². The summed E-state index contributed by atoms with van der Waals surface area (Å²) in [6.07, 6.45) is 4.09. The first kappa shape index (κ1) is 19.4. The Morgan fingerprint density at radius 2 is 1.43 bits per heavy atom. The van der Waals surface area contributed by atoms with Crippen LogP contribution in [-0.2, 0) is 22.3 Å². The van der Waals surface area contributed by atoms with E-state index in [9.17, 15) is 0 Å². The normalized spacial score (nSPS) is 24.6. The summed E-state index contributed by atoms with van der Waals surface area (Å²) in [4.78, 5) is 0. The molecular formula is C25H31NO2. The Labute approximate surface area is 168 Å². The van der Waals surface area contributed by atoms with Crippen LogP contribution in [-0.4, -0.2) is 24.5 Å². The molecule has 28 heavy (non-hydrogen) atoms. The van der Waals surface area contributed by atoms with Gasteiger partial charge in [-0.2, -0.15) is 0 Å². The van der Waals surface area contributed by atoms with Gasteiger partial charge in [-0.05, 0) is 30.4 Å². The molecule has 2 aromatic carbocycles. The van der Waals surface area contributed by atoms with Crippen molar-refractivity contribution in [2.45, 2.75) is 50.4 Å². The minimum atomic E-state index is -0.506. The third kappa shape index (κ3) is 3.55. The third-order valence-electron chi connectivity index (χ3n) is 6.85. The summed E-state index contributed by atoms with van der Waals surface area (Å²) in [5, 5.41) is 0. The van der Waals surface area contributed by atoms with E-state index in [0.717, 1.165) is 32.1 Å². The van der Waals surface area contributed by atoms with E-state index in [0.29, 0.717) is 13.2 Å². The molecule has 0 bridgehead atoms. The van der Waals surface area contributed by atoms with E-state index in [1.165, 1.54) is 16.7 Å². The van der Waals surface area contributed by atoms with Gasteiger partial charge in [0.15, 0.2) is 5.79 Å². The van der Waals surface area contributed by atoms with Crippen LogP contribution < -0.4 is 5.73 Å². The SMILES string of the molecule is C=C1CCC2(CC1(C)C(N)(Cc1ccccc1)Cc1ccccc1)OCCO2. The molecule has 3 nitrogen and oxygen atoms in total. The van der Waals surface area contributed by atoms with E-state index in [1.807, 2.05) is 0 Å². The van der Waals surface area contributed by atoms with E-state index in [4.69, 9.17) is 15.2 Å². The molecule has 1 saturated carbocycles. The Balaban J connectivity index is 1.73. The van der Waals surface area contributed by atoms with Gasteiger partial charge in [-0.25, -0.2) is 0 Å². The van der Waals surface area contributed by atoms with Crippen molar-refractivity contribution in [2.24, 2.45) is 11.1 Å². The highest BCUT2D eigenvalue weighted by atomic mass is 16.7. The number of hydrogen-bond acceptors (Lipinski definition) is 3. The van der Waals surface area contributed by atoms with Crippen LogP contribution in [0.3, 0.4) is 0 Å². The molecule has 2 aliphatic rings. The maximum atomic E-state index is 7.34. The van der Waals surface area contributed by atoms with E-state index >= 15 is 0 Å². The predicted octanol–water partition coefficient (Wildman–Crippen LogP) is 4.66. The lowest BCUT2D eigenvalue weighted by atomic mass is 9.56. The molecule has 3 heteroatoms. The number of nitrogens with two attached hydrogens (primary N) is 1. The van der Waals surface area contributed by atoms with Crippen LogP contribution in [0.15, 0.2) is 72.8 Å². The lowest BCUT2D eigenvalue weighted by Gasteiger charge is -2.54. The molecule has 1 spiro atoms. The van der Waals surface area contributed by atoms with Crippen molar-refractivity contribution in [2.75, 3.05) is 13.2 Å². The zero-order valence-electron chi connectivity index (χ0n) is 16.8. The first-order chi connectivity index (χ1) is 13.4. The van der Waals surface area contributed by atoms with Crippen LogP contribution >= 0.6 is 0 Å². The summed E-state index contributed by atoms with van der Waals surface area (Å²) < 4.78 is 12.2. The number of hydrogen-bond donors (Lipinski definition) is 1. The van der Waals surface area contributed by atoms with Crippen LogP contribution in [0.1, 0.15) is 37.3 Å². The van der Waals surface area contributed by atoms with Gasteiger partial charge in [0.2, 0.25) is 0 Å². The van der Waals surface area contributed by atoms with Gasteiger partial charge >= 0.3 is 0 Å². The fourth-order valence-electron chi connectivity index (χ4n) is 5.01. The lowest BCUT2D eigenvalue weighted by molar-refractivity contribution is -0.197. The van der Waals surface area contributed by atoms with Gasteiger partial charge in [0, 0.05) is 23.8 Å². The van der Waals surface area contributed by atoms with Crippen molar-refractivity contribution >= 4 is 0 Å².